The molecule has 1 saturated heterocycles. The second kappa shape index (κ2) is 13.4. The van der Waals surface area contributed by atoms with E-state index in [1.165, 1.54) is 4.90 Å². The van der Waals surface area contributed by atoms with Crippen LogP contribution in [0.4, 0.5) is 4.79 Å². The lowest BCUT2D eigenvalue weighted by Crippen LogP contribution is -2.49. The largest absolute Gasteiger partial charge is 0.457 e. The number of nitrogens with zero attached hydrogens (tertiary/aromatic N) is 1. The van der Waals surface area contributed by atoms with Gasteiger partial charge < -0.3 is 25.0 Å². The van der Waals surface area contributed by atoms with E-state index in [0.29, 0.717) is 23.5 Å². The number of para-hydroxylation sites is 1. The molecule has 9 heteroatoms. The number of hydrogen-bond donors (Lipinski definition) is 2. The number of alkyl carbamates (subject to hydrolysis) is 1. The van der Waals surface area contributed by atoms with Crippen LogP contribution >= 0.6 is 0 Å². The first-order valence-electron chi connectivity index (χ1n) is 13.2. The fraction of sp³-hybridized carbons (Fsp3) is 0.290. The number of Topliss-reactive ketones (excluding diaryl/α,β-unsaturated/α-hetero) is 1. The van der Waals surface area contributed by atoms with Crippen molar-refractivity contribution in [3.8, 4) is 11.5 Å². The van der Waals surface area contributed by atoms with Gasteiger partial charge in [-0.05, 0) is 54.3 Å². The van der Waals surface area contributed by atoms with E-state index in [9.17, 15) is 19.2 Å². The van der Waals surface area contributed by atoms with Crippen LogP contribution in [0, 0.1) is 5.92 Å². The molecule has 208 valence electrons. The number of hydrogen-bond acceptors (Lipinski definition) is 6. The van der Waals surface area contributed by atoms with E-state index in [0.717, 1.165) is 5.56 Å². The predicted octanol–water partition coefficient (Wildman–Crippen LogP) is 4.33. The Balaban J connectivity index is 1.32. The highest BCUT2D eigenvalue weighted by Crippen LogP contribution is 2.21. The van der Waals surface area contributed by atoms with Crippen molar-refractivity contribution in [1.82, 2.24) is 15.5 Å². The molecule has 3 amide bonds. The first-order valence-corrected chi connectivity index (χ1v) is 13.2. The maximum atomic E-state index is 13.3. The third-order valence-electron chi connectivity index (χ3n) is 6.36. The summed E-state index contributed by atoms with van der Waals surface area (Å²) in [6, 6.07) is 23.4. The second-order valence-electron chi connectivity index (χ2n) is 10.0. The Morgan fingerprint density at radius 1 is 0.900 bits per heavy atom. The molecule has 2 atom stereocenters. The Morgan fingerprint density at radius 3 is 2.17 bits per heavy atom. The molecule has 0 aromatic heterocycles. The van der Waals surface area contributed by atoms with E-state index in [1.807, 2.05) is 74.5 Å². The van der Waals surface area contributed by atoms with Crippen LogP contribution in [-0.2, 0) is 20.9 Å². The van der Waals surface area contributed by atoms with Gasteiger partial charge in [-0.1, -0.05) is 62.4 Å². The summed E-state index contributed by atoms with van der Waals surface area (Å²) in [6.07, 6.45) is -0.337. The summed E-state index contributed by atoms with van der Waals surface area (Å²) in [5, 5.41) is 5.37. The van der Waals surface area contributed by atoms with Gasteiger partial charge in [-0.2, -0.15) is 0 Å². The molecule has 0 spiro atoms. The van der Waals surface area contributed by atoms with E-state index >= 15 is 0 Å². The van der Waals surface area contributed by atoms with Crippen LogP contribution in [0.5, 0.6) is 11.5 Å². The van der Waals surface area contributed by atoms with E-state index in [2.05, 4.69) is 10.6 Å². The number of ether oxygens (including phenoxy) is 2. The summed E-state index contributed by atoms with van der Waals surface area (Å²) in [4.78, 5) is 52.6. The van der Waals surface area contributed by atoms with Gasteiger partial charge in [0.15, 0.2) is 5.78 Å². The molecule has 0 radical (unpaired) electrons. The van der Waals surface area contributed by atoms with Crippen LogP contribution in [0.15, 0.2) is 84.9 Å². The summed E-state index contributed by atoms with van der Waals surface area (Å²) in [6.45, 7) is 3.82. The highest BCUT2D eigenvalue weighted by Gasteiger charge is 2.38. The molecule has 0 saturated carbocycles. The van der Waals surface area contributed by atoms with Crippen molar-refractivity contribution in [2.24, 2.45) is 5.92 Å². The van der Waals surface area contributed by atoms with Crippen molar-refractivity contribution in [3.63, 3.8) is 0 Å². The third kappa shape index (κ3) is 7.92. The van der Waals surface area contributed by atoms with Gasteiger partial charge in [0.1, 0.15) is 30.2 Å². The van der Waals surface area contributed by atoms with Crippen LogP contribution in [-0.4, -0.2) is 53.8 Å². The Labute approximate surface area is 233 Å². The van der Waals surface area contributed by atoms with Gasteiger partial charge in [-0.3, -0.25) is 14.4 Å². The van der Waals surface area contributed by atoms with Gasteiger partial charge in [0, 0.05) is 12.1 Å². The Bertz CT molecular complexity index is 1310. The normalized spacial score (nSPS) is 15.4. The fourth-order valence-corrected chi connectivity index (χ4v) is 4.34. The molecular weight excluding hydrogens is 510 g/mol. The lowest BCUT2D eigenvalue weighted by Gasteiger charge is -2.25. The van der Waals surface area contributed by atoms with E-state index in [4.69, 9.17) is 9.47 Å². The number of amides is 3. The molecule has 4 rings (SSSR count). The van der Waals surface area contributed by atoms with Gasteiger partial charge in [-0.25, -0.2) is 4.79 Å². The molecule has 1 unspecified atom stereocenters. The molecule has 3 aromatic carbocycles. The van der Waals surface area contributed by atoms with E-state index in [-0.39, 0.29) is 31.4 Å². The van der Waals surface area contributed by atoms with Crippen LogP contribution in [0.1, 0.15) is 36.2 Å². The number of ketones is 1. The van der Waals surface area contributed by atoms with Gasteiger partial charge in [0.05, 0.1) is 6.54 Å². The quantitative estimate of drug-likeness (QED) is 0.394. The molecule has 1 heterocycles. The monoisotopic (exact) mass is 543 g/mol. The summed E-state index contributed by atoms with van der Waals surface area (Å²) in [5.74, 6) is 0.253. The standard InChI is InChI=1S/C31H33N3O6/c1-21(2)17-26(33-31(38)39-20-22-9-5-3-6-10-22)30(37)34-18-27(28(35)19-34)32-29(36)23-13-15-25(16-14-23)40-24-11-7-4-8-12-24/h3-16,21,26-27H,17-20H2,1-2H3,(H,32,36)(H,33,38)/t26?,27-/m1/s1. The molecule has 0 aliphatic carbocycles. The maximum Gasteiger partial charge on any atom is 0.408 e. The van der Waals surface area contributed by atoms with Crippen molar-refractivity contribution < 1.29 is 28.7 Å². The fourth-order valence-electron chi connectivity index (χ4n) is 4.34. The second-order valence-corrected chi connectivity index (χ2v) is 10.0. The van der Waals surface area contributed by atoms with Crippen molar-refractivity contribution >= 4 is 23.7 Å². The Hall–Kier alpha value is -4.66. The maximum absolute atomic E-state index is 13.3. The van der Waals surface area contributed by atoms with Crippen molar-refractivity contribution in [2.75, 3.05) is 13.1 Å². The van der Waals surface area contributed by atoms with Crippen molar-refractivity contribution in [1.29, 1.82) is 0 Å². The number of likely N-dealkylation sites (tertiary alicyclic amines) is 1. The molecule has 9 nitrogen and oxygen atoms in total. The smallest absolute Gasteiger partial charge is 0.408 e. The van der Waals surface area contributed by atoms with Crippen LogP contribution < -0.4 is 15.4 Å². The predicted molar refractivity (Wildman–Crippen MR) is 149 cm³/mol. The zero-order valence-corrected chi connectivity index (χ0v) is 22.5. The molecule has 2 N–H and O–H groups in total. The molecule has 1 aliphatic rings. The topological polar surface area (TPSA) is 114 Å². The van der Waals surface area contributed by atoms with Gasteiger partial charge in [-0.15, -0.1) is 0 Å². The number of rotatable bonds is 10. The average molecular weight is 544 g/mol. The van der Waals surface area contributed by atoms with E-state index < -0.39 is 30.0 Å². The SMILES string of the molecule is CC(C)CC(NC(=O)OCc1ccccc1)C(=O)N1CC(=O)[C@H](NC(=O)c2ccc(Oc3ccccc3)cc2)C1. The molecule has 3 aromatic rings. The first-order chi connectivity index (χ1) is 19.3. The van der Waals surface area contributed by atoms with Crippen LogP contribution in [0.2, 0.25) is 0 Å². The first kappa shape index (κ1) is 28.4. The van der Waals surface area contributed by atoms with Crippen molar-refractivity contribution in [2.45, 2.75) is 39.0 Å². The van der Waals surface area contributed by atoms with Gasteiger partial charge in [0.2, 0.25) is 5.91 Å². The Morgan fingerprint density at radius 2 is 1.52 bits per heavy atom. The minimum Gasteiger partial charge on any atom is -0.457 e. The zero-order valence-electron chi connectivity index (χ0n) is 22.5. The zero-order chi connectivity index (χ0) is 28.5. The molecule has 1 aliphatic heterocycles. The highest BCUT2D eigenvalue weighted by atomic mass is 16.5. The Kier molecular flexibility index (Phi) is 9.51. The van der Waals surface area contributed by atoms with Gasteiger partial charge in [0.25, 0.3) is 5.91 Å². The third-order valence-corrected chi connectivity index (χ3v) is 6.36. The minimum absolute atomic E-state index is 0.0218. The number of carbonyl (C=O) groups is 4. The molecule has 1 fully saturated rings. The lowest BCUT2D eigenvalue weighted by molar-refractivity contribution is -0.134. The molecule has 0 bridgehead atoms. The van der Waals surface area contributed by atoms with Crippen molar-refractivity contribution in [3.05, 3.63) is 96.1 Å². The summed E-state index contributed by atoms with van der Waals surface area (Å²) in [5.41, 5.74) is 1.19. The van der Waals surface area contributed by atoms with Crippen LogP contribution in [0.3, 0.4) is 0 Å². The number of benzene rings is 3. The van der Waals surface area contributed by atoms with E-state index in [1.54, 1.807) is 24.3 Å². The summed E-state index contributed by atoms with van der Waals surface area (Å²) in [7, 11) is 0. The molecule has 40 heavy (non-hydrogen) atoms. The highest BCUT2D eigenvalue weighted by molar-refractivity contribution is 6.01. The summed E-state index contributed by atoms with van der Waals surface area (Å²) < 4.78 is 11.0. The number of nitrogens with one attached hydrogen (secondary N) is 2. The lowest BCUT2D eigenvalue weighted by atomic mass is 10.0. The number of carbonyl (C=O) groups excluding carboxylic acids is 4. The minimum atomic E-state index is -0.859. The summed E-state index contributed by atoms with van der Waals surface area (Å²) >= 11 is 0. The average Bonchev–Trinajstić information content (AvgIpc) is 3.32. The van der Waals surface area contributed by atoms with Gasteiger partial charge >= 0.3 is 6.09 Å². The van der Waals surface area contributed by atoms with Crippen LogP contribution in [0.25, 0.3) is 0 Å². The molecular formula is C31H33N3O6.